The molecule has 2 unspecified atom stereocenters. The van der Waals surface area contributed by atoms with Crippen molar-refractivity contribution in [1.82, 2.24) is 0 Å². The van der Waals surface area contributed by atoms with E-state index in [9.17, 15) is 4.79 Å². The molecule has 218 valence electrons. The van der Waals surface area contributed by atoms with Crippen LogP contribution in [0.2, 0.25) is 10.0 Å². The molecule has 0 spiro atoms. The Labute approximate surface area is 246 Å². The normalized spacial score (nSPS) is 19.8. The number of hydrazine groups is 1. The van der Waals surface area contributed by atoms with E-state index in [1.165, 1.54) is 11.1 Å². The number of piperidine rings is 1. The molecular weight excluding hydrogens is 554 g/mol. The smallest absolute Gasteiger partial charge is 0.306 e. The highest BCUT2D eigenvalue weighted by Gasteiger charge is 2.33. The quantitative estimate of drug-likeness (QED) is 0.172. The monoisotopic (exact) mass is 592 g/mol. The van der Waals surface area contributed by atoms with Gasteiger partial charge in [0.1, 0.15) is 5.82 Å². The summed E-state index contributed by atoms with van der Waals surface area (Å²) in [6, 6.07) is 10.5. The van der Waals surface area contributed by atoms with Crippen molar-refractivity contribution < 1.29 is 18.7 Å². The summed E-state index contributed by atoms with van der Waals surface area (Å²) in [4.78, 5) is 13.7. The fourth-order valence-corrected chi connectivity index (χ4v) is 5.82. The molecule has 1 saturated carbocycles. The van der Waals surface area contributed by atoms with Gasteiger partial charge >= 0.3 is 5.97 Å². The van der Waals surface area contributed by atoms with Gasteiger partial charge in [0.25, 0.3) is 0 Å². The van der Waals surface area contributed by atoms with E-state index in [1.807, 2.05) is 6.07 Å². The minimum absolute atomic E-state index is 0.0368. The lowest BCUT2D eigenvalue weighted by molar-refractivity contribution is -0.143. The number of allylic oxidation sites excluding steroid dienone is 1. The maximum atomic E-state index is 15.1. The van der Waals surface area contributed by atoms with Crippen LogP contribution in [0.5, 0.6) is 0 Å². The Morgan fingerprint density at radius 2 is 1.88 bits per heavy atom. The number of hydrogen-bond donors (Lipinski definition) is 2. The third-order valence-electron chi connectivity index (χ3n) is 7.72. The van der Waals surface area contributed by atoms with Crippen LogP contribution < -0.4 is 21.5 Å². The van der Waals surface area contributed by atoms with Crippen molar-refractivity contribution in [3.8, 4) is 0 Å². The maximum absolute atomic E-state index is 15.1. The molecule has 40 heavy (non-hydrogen) atoms. The van der Waals surface area contributed by atoms with E-state index >= 15 is 4.39 Å². The fourth-order valence-electron chi connectivity index (χ4n) is 5.24. The molecule has 1 aliphatic heterocycles. The lowest BCUT2D eigenvalue weighted by Crippen LogP contribution is -2.45. The number of anilines is 2. The first-order valence-electron chi connectivity index (χ1n) is 14.0. The zero-order chi connectivity index (χ0) is 28.8. The number of carbonyl (C=O) groups excluding carboxylic acids is 1. The summed E-state index contributed by atoms with van der Waals surface area (Å²) < 4.78 is 26.6. The number of nitrogens with zero attached hydrogens (tertiary/aromatic N) is 2. The van der Waals surface area contributed by atoms with Gasteiger partial charge in [-0.1, -0.05) is 42.3 Å². The standard InChI is InChI=1S/C30H39Cl2FN4O3/c1-3-20-17-36(25-12-8-19(16-24(25)33)9-13-28(38)39-4-2)15-14-27(20)40-18-26(29(34)21-10-11-21)37(35)30-22(31)6-5-7-23(30)32/h5-8,12,16,20-21,27H,3-4,9-11,13-15,17-18,34-35H2,1-2H3/b29-26-. The Hall–Kier alpha value is -2.52. The summed E-state index contributed by atoms with van der Waals surface area (Å²) in [5.41, 5.74) is 9.75. The molecule has 10 heteroatoms. The van der Waals surface area contributed by atoms with E-state index in [1.54, 1.807) is 31.2 Å². The van der Waals surface area contributed by atoms with Crippen LogP contribution in [0.3, 0.4) is 0 Å². The number of halogens is 3. The van der Waals surface area contributed by atoms with Crippen molar-refractivity contribution >= 4 is 40.5 Å². The SMILES string of the molecule is CCOC(=O)CCc1ccc(N2CCC(OC/C(=C(/N)C3CC3)N(N)c3c(Cl)cccc3Cl)C(CC)C2)c(F)c1. The number of esters is 1. The predicted octanol–water partition coefficient (Wildman–Crippen LogP) is 6.21. The summed E-state index contributed by atoms with van der Waals surface area (Å²) >= 11 is 12.9. The van der Waals surface area contributed by atoms with E-state index in [2.05, 4.69) is 11.8 Å². The van der Waals surface area contributed by atoms with Gasteiger partial charge in [-0.25, -0.2) is 10.2 Å². The molecule has 0 bridgehead atoms. The molecule has 1 heterocycles. The topological polar surface area (TPSA) is 94.0 Å². The minimum Gasteiger partial charge on any atom is -0.466 e. The predicted molar refractivity (Wildman–Crippen MR) is 159 cm³/mol. The number of hydrogen-bond acceptors (Lipinski definition) is 7. The number of nitrogens with two attached hydrogens (primary N) is 2. The molecule has 2 aromatic rings. The number of benzene rings is 2. The van der Waals surface area contributed by atoms with Gasteiger partial charge in [0, 0.05) is 37.0 Å². The Kier molecular flexibility index (Phi) is 10.6. The average Bonchev–Trinajstić information content (AvgIpc) is 3.78. The lowest BCUT2D eigenvalue weighted by atomic mass is 9.91. The third-order valence-corrected chi connectivity index (χ3v) is 8.33. The molecule has 2 fully saturated rings. The van der Waals surface area contributed by atoms with Gasteiger partial charge in [-0.05, 0) is 68.9 Å². The largest absolute Gasteiger partial charge is 0.466 e. The van der Waals surface area contributed by atoms with Crippen LogP contribution in [0.1, 0.15) is 51.5 Å². The molecule has 0 radical (unpaired) electrons. The van der Waals surface area contributed by atoms with Gasteiger partial charge in [-0.3, -0.25) is 9.80 Å². The van der Waals surface area contributed by atoms with Crippen LogP contribution in [-0.4, -0.2) is 38.4 Å². The lowest BCUT2D eigenvalue weighted by Gasteiger charge is -2.40. The van der Waals surface area contributed by atoms with Gasteiger partial charge in [-0.15, -0.1) is 0 Å². The summed E-state index contributed by atoms with van der Waals surface area (Å²) in [5.74, 6) is 6.45. The van der Waals surface area contributed by atoms with Crippen LogP contribution in [0.15, 0.2) is 47.8 Å². The number of carbonyl (C=O) groups is 1. The van der Waals surface area contributed by atoms with Crippen molar-refractivity contribution in [3.05, 3.63) is 69.2 Å². The Bertz CT molecular complexity index is 1200. The molecule has 4 rings (SSSR count). The zero-order valence-electron chi connectivity index (χ0n) is 23.2. The van der Waals surface area contributed by atoms with Gasteiger partial charge in [0.05, 0.1) is 46.4 Å². The van der Waals surface area contributed by atoms with E-state index in [-0.39, 0.29) is 42.8 Å². The van der Waals surface area contributed by atoms with E-state index in [0.717, 1.165) is 31.2 Å². The Morgan fingerprint density at radius 1 is 1.15 bits per heavy atom. The van der Waals surface area contributed by atoms with Crippen molar-refractivity contribution in [2.75, 3.05) is 36.2 Å². The molecule has 2 aromatic carbocycles. The van der Waals surface area contributed by atoms with Crippen molar-refractivity contribution in [3.63, 3.8) is 0 Å². The fraction of sp³-hybridized carbons (Fsp3) is 0.500. The van der Waals surface area contributed by atoms with Crippen LogP contribution in [0.25, 0.3) is 0 Å². The zero-order valence-corrected chi connectivity index (χ0v) is 24.7. The van der Waals surface area contributed by atoms with Crippen LogP contribution >= 0.6 is 23.2 Å². The summed E-state index contributed by atoms with van der Waals surface area (Å²) in [5, 5.41) is 2.34. The second kappa shape index (κ2) is 13.9. The highest BCUT2D eigenvalue weighted by atomic mass is 35.5. The van der Waals surface area contributed by atoms with Crippen LogP contribution in [-0.2, 0) is 20.7 Å². The first-order valence-corrected chi connectivity index (χ1v) is 14.8. The highest BCUT2D eigenvalue weighted by molar-refractivity contribution is 6.39. The molecule has 1 saturated heterocycles. The molecular formula is C30H39Cl2FN4O3. The minimum atomic E-state index is -0.284. The van der Waals surface area contributed by atoms with E-state index in [0.29, 0.717) is 58.9 Å². The second-order valence-corrected chi connectivity index (χ2v) is 11.3. The van der Waals surface area contributed by atoms with Crippen molar-refractivity contribution in [1.29, 1.82) is 0 Å². The number of ether oxygens (including phenoxy) is 2. The average molecular weight is 594 g/mol. The summed E-state index contributed by atoms with van der Waals surface area (Å²) in [6.07, 6.45) is 4.28. The molecule has 2 aliphatic rings. The highest BCUT2D eigenvalue weighted by Crippen LogP contribution is 2.39. The maximum Gasteiger partial charge on any atom is 0.306 e. The summed E-state index contributed by atoms with van der Waals surface area (Å²) in [6.45, 7) is 5.78. The van der Waals surface area contributed by atoms with Crippen molar-refractivity contribution in [2.24, 2.45) is 23.4 Å². The Morgan fingerprint density at radius 3 is 2.50 bits per heavy atom. The molecule has 4 N–H and O–H groups in total. The summed E-state index contributed by atoms with van der Waals surface area (Å²) in [7, 11) is 0. The second-order valence-electron chi connectivity index (χ2n) is 10.5. The molecule has 0 aromatic heterocycles. The first-order chi connectivity index (χ1) is 19.2. The third kappa shape index (κ3) is 7.40. The van der Waals surface area contributed by atoms with Crippen LogP contribution in [0.4, 0.5) is 15.8 Å². The molecule has 1 aliphatic carbocycles. The van der Waals surface area contributed by atoms with Crippen LogP contribution in [0, 0.1) is 17.7 Å². The Balaban J connectivity index is 1.42. The van der Waals surface area contributed by atoms with Gasteiger partial charge in [0.15, 0.2) is 0 Å². The van der Waals surface area contributed by atoms with E-state index < -0.39 is 0 Å². The van der Waals surface area contributed by atoms with Gasteiger partial charge in [0.2, 0.25) is 0 Å². The molecule has 2 atom stereocenters. The number of para-hydroxylation sites is 1. The molecule has 0 amide bonds. The van der Waals surface area contributed by atoms with Crippen molar-refractivity contribution in [2.45, 2.75) is 58.5 Å². The van der Waals surface area contributed by atoms with Gasteiger partial charge < -0.3 is 20.1 Å². The van der Waals surface area contributed by atoms with Gasteiger partial charge in [-0.2, -0.15) is 0 Å². The number of rotatable bonds is 12. The number of aryl methyl sites for hydroxylation is 1. The first kappa shape index (κ1) is 30.4. The van der Waals surface area contributed by atoms with E-state index in [4.69, 9.17) is 44.3 Å². The molecule has 7 nitrogen and oxygen atoms in total.